The first kappa shape index (κ1) is 21.6. The lowest BCUT2D eigenvalue weighted by Crippen LogP contribution is -2.14. The number of rotatable bonds is 5. The quantitative estimate of drug-likeness (QED) is 0.354. The zero-order valence-electron chi connectivity index (χ0n) is 15.0. The molecule has 0 aliphatic carbocycles. The third-order valence-corrected chi connectivity index (χ3v) is 4.85. The molecule has 0 saturated heterocycles. The number of anilines is 2. The predicted octanol–water partition coefficient (Wildman–Crippen LogP) is 6.06. The van der Waals surface area contributed by atoms with E-state index < -0.39 is 16.7 Å². The fraction of sp³-hybridized carbons (Fsp3) is 0. The van der Waals surface area contributed by atoms with Crippen molar-refractivity contribution in [2.24, 2.45) is 0 Å². The molecular formula is C20H12Cl3N3O4. The molecule has 0 spiro atoms. The molecule has 0 fully saturated rings. The summed E-state index contributed by atoms with van der Waals surface area (Å²) in [5, 5.41) is 16.7. The van der Waals surface area contributed by atoms with Gasteiger partial charge in [-0.25, -0.2) is 0 Å². The SMILES string of the molecule is O=C(Nc1ccc(NC(=O)c2ccc([N+](=O)[O-])cc2Cl)cc1)c1ccc(Cl)cc1Cl. The highest BCUT2D eigenvalue weighted by Crippen LogP contribution is 2.25. The molecule has 2 amide bonds. The van der Waals surface area contributed by atoms with Crippen LogP contribution in [0.25, 0.3) is 0 Å². The molecule has 10 heteroatoms. The molecule has 2 N–H and O–H groups in total. The number of nitro groups is 1. The minimum atomic E-state index is -0.599. The summed E-state index contributed by atoms with van der Waals surface area (Å²) in [7, 11) is 0. The maximum Gasteiger partial charge on any atom is 0.270 e. The van der Waals surface area contributed by atoms with Gasteiger partial charge in [-0.15, -0.1) is 0 Å². The van der Waals surface area contributed by atoms with E-state index in [-0.39, 0.29) is 26.9 Å². The molecule has 7 nitrogen and oxygen atoms in total. The average molecular weight is 465 g/mol. The number of carbonyl (C=O) groups is 2. The van der Waals surface area contributed by atoms with E-state index in [1.807, 2.05) is 0 Å². The summed E-state index contributed by atoms with van der Waals surface area (Å²) in [5.41, 5.74) is 1.08. The van der Waals surface area contributed by atoms with Gasteiger partial charge in [0.2, 0.25) is 0 Å². The van der Waals surface area contributed by atoms with Gasteiger partial charge in [-0.3, -0.25) is 19.7 Å². The molecule has 0 heterocycles. The Labute approximate surface area is 185 Å². The van der Waals surface area contributed by atoms with Gasteiger partial charge in [-0.2, -0.15) is 0 Å². The molecule has 3 aromatic carbocycles. The van der Waals surface area contributed by atoms with Crippen molar-refractivity contribution in [3.05, 3.63) is 97.0 Å². The summed E-state index contributed by atoms with van der Waals surface area (Å²) in [6.45, 7) is 0. The first-order valence-electron chi connectivity index (χ1n) is 8.36. The first-order valence-corrected chi connectivity index (χ1v) is 9.50. The summed E-state index contributed by atoms with van der Waals surface area (Å²) >= 11 is 17.8. The Balaban J connectivity index is 1.68. The highest BCUT2D eigenvalue weighted by atomic mass is 35.5. The number of nitrogens with zero attached hydrogens (tertiary/aromatic N) is 1. The summed E-state index contributed by atoms with van der Waals surface area (Å²) in [4.78, 5) is 34.9. The van der Waals surface area contributed by atoms with E-state index in [0.29, 0.717) is 16.4 Å². The van der Waals surface area contributed by atoms with Crippen LogP contribution in [0.15, 0.2) is 60.7 Å². The molecule has 0 bridgehead atoms. The molecule has 0 unspecified atom stereocenters. The highest BCUT2D eigenvalue weighted by Gasteiger charge is 2.15. The topological polar surface area (TPSA) is 101 Å². The van der Waals surface area contributed by atoms with E-state index in [4.69, 9.17) is 34.8 Å². The van der Waals surface area contributed by atoms with Gasteiger partial charge in [0.15, 0.2) is 0 Å². The van der Waals surface area contributed by atoms with E-state index in [9.17, 15) is 19.7 Å². The van der Waals surface area contributed by atoms with E-state index >= 15 is 0 Å². The van der Waals surface area contributed by atoms with Crippen molar-refractivity contribution in [2.45, 2.75) is 0 Å². The second kappa shape index (κ2) is 9.13. The van der Waals surface area contributed by atoms with E-state index in [1.54, 1.807) is 30.3 Å². The van der Waals surface area contributed by atoms with Gasteiger partial charge >= 0.3 is 0 Å². The maximum absolute atomic E-state index is 12.4. The number of amides is 2. The first-order chi connectivity index (χ1) is 14.2. The second-order valence-corrected chi connectivity index (χ2v) is 7.28. The normalized spacial score (nSPS) is 10.4. The second-order valence-electron chi connectivity index (χ2n) is 6.03. The van der Waals surface area contributed by atoms with E-state index in [0.717, 1.165) is 6.07 Å². The summed E-state index contributed by atoms with van der Waals surface area (Å²) < 4.78 is 0. The monoisotopic (exact) mass is 463 g/mol. The fourth-order valence-electron chi connectivity index (χ4n) is 2.51. The van der Waals surface area contributed by atoms with Crippen LogP contribution < -0.4 is 10.6 Å². The van der Waals surface area contributed by atoms with Gasteiger partial charge in [0.25, 0.3) is 17.5 Å². The molecule has 0 aromatic heterocycles. The highest BCUT2D eigenvalue weighted by molar-refractivity contribution is 6.37. The van der Waals surface area contributed by atoms with E-state index in [1.165, 1.54) is 24.3 Å². The Morgan fingerprint density at radius 3 is 1.63 bits per heavy atom. The Morgan fingerprint density at radius 2 is 1.20 bits per heavy atom. The lowest BCUT2D eigenvalue weighted by atomic mass is 10.1. The lowest BCUT2D eigenvalue weighted by molar-refractivity contribution is -0.384. The van der Waals surface area contributed by atoms with Crippen LogP contribution in [0.4, 0.5) is 17.1 Å². The molecule has 3 aromatic rings. The Morgan fingerprint density at radius 1 is 0.733 bits per heavy atom. The predicted molar refractivity (Wildman–Crippen MR) is 117 cm³/mol. The summed E-state index contributed by atoms with van der Waals surface area (Å²) in [5.74, 6) is -0.939. The average Bonchev–Trinajstić information content (AvgIpc) is 2.69. The molecule has 152 valence electrons. The van der Waals surface area contributed by atoms with Crippen LogP contribution in [-0.2, 0) is 0 Å². The molecule has 0 atom stereocenters. The van der Waals surface area contributed by atoms with Crippen LogP contribution in [0.3, 0.4) is 0 Å². The lowest BCUT2D eigenvalue weighted by Gasteiger charge is -2.09. The van der Waals surface area contributed by atoms with Gasteiger partial charge in [0.1, 0.15) is 0 Å². The minimum Gasteiger partial charge on any atom is -0.322 e. The molecular weight excluding hydrogens is 453 g/mol. The Hall–Kier alpha value is -3.13. The van der Waals surface area contributed by atoms with Gasteiger partial charge in [-0.1, -0.05) is 34.8 Å². The van der Waals surface area contributed by atoms with E-state index in [2.05, 4.69) is 10.6 Å². The van der Waals surface area contributed by atoms with Crippen molar-refractivity contribution >= 4 is 63.7 Å². The summed E-state index contributed by atoms with van der Waals surface area (Å²) in [6, 6.07) is 14.5. The van der Waals surface area contributed by atoms with Crippen LogP contribution in [0.1, 0.15) is 20.7 Å². The Kier molecular flexibility index (Phi) is 6.56. The largest absolute Gasteiger partial charge is 0.322 e. The number of halogens is 3. The molecule has 0 aliphatic rings. The van der Waals surface area contributed by atoms with Crippen LogP contribution in [0.2, 0.25) is 15.1 Å². The molecule has 30 heavy (non-hydrogen) atoms. The Bertz CT molecular complexity index is 1150. The number of carbonyl (C=O) groups excluding carboxylic acids is 2. The third kappa shape index (κ3) is 5.07. The van der Waals surface area contributed by atoms with Gasteiger partial charge in [0.05, 0.1) is 26.1 Å². The van der Waals surface area contributed by atoms with Crippen LogP contribution in [0, 0.1) is 10.1 Å². The van der Waals surface area contributed by atoms with Crippen LogP contribution in [-0.4, -0.2) is 16.7 Å². The number of non-ortho nitro benzene ring substituents is 1. The van der Waals surface area contributed by atoms with Crippen molar-refractivity contribution in [3.63, 3.8) is 0 Å². The van der Waals surface area contributed by atoms with Crippen molar-refractivity contribution in [1.29, 1.82) is 0 Å². The van der Waals surface area contributed by atoms with Crippen molar-refractivity contribution < 1.29 is 14.5 Å². The van der Waals surface area contributed by atoms with Crippen molar-refractivity contribution in [3.8, 4) is 0 Å². The minimum absolute atomic E-state index is 0.0366. The number of hydrogen-bond donors (Lipinski definition) is 2. The molecule has 0 saturated carbocycles. The van der Waals surface area contributed by atoms with Crippen LogP contribution >= 0.6 is 34.8 Å². The molecule has 3 rings (SSSR count). The van der Waals surface area contributed by atoms with Crippen LogP contribution in [0.5, 0.6) is 0 Å². The maximum atomic E-state index is 12.4. The van der Waals surface area contributed by atoms with Gasteiger partial charge in [0, 0.05) is 28.5 Å². The third-order valence-electron chi connectivity index (χ3n) is 3.98. The van der Waals surface area contributed by atoms with Crippen molar-refractivity contribution in [2.75, 3.05) is 10.6 Å². The molecule has 0 radical (unpaired) electrons. The van der Waals surface area contributed by atoms with Gasteiger partial charge in [-0.05, 0) is 48.5 Å². The summed E-state index contributed by atoms with van der Waals surface area (Å²) in [6.07, 6.45) is 0. The van der Waals surface area contributed by atoms with Crippen molar-refractivity contribution in [1.82, 2.24) is 0 Å². The number of hydrogen-bond acceptors (Lipinski definition) is 4. The smallest absolute Gasteiger partial charge is 0.270 e. The number of nitrogens with one attached hydrogen (secondary N) is 2. The molecule has 0 aliphatic heterocycles. The fourth-order valence-corrected chi connectivity index (χ4v) is 3.26. The number of benzene rings is 3. The number of nitro benzene ring substituents is 1. The van der Waals surface area contributed by atoms with Gasteiger partial charge < -0.3 is 10.6 Å². The zero-order valence-corrected chi connectivity index (χ0v) is 17.3. The standard InChI is InChI=1S/C20H12Cl3N3O4/c21-11-1-7-15(17(22)9-11)19(27)24-12-2-4-13(5-3-12)25-20(28)16-8-6-14(26(29)30)10-18(16)23/h1-10H,(H,24,27)(H,25,28). The zero-order chi connectivity index (χ0) is 21.8.